The minimum Gasteiger partial charge on any atom is -0.468 e. The van der Waals surface area contributed by atoms with Crippen LogP contribution in [0.3, 0.4) is 0 Å². The fourth-order valence-electron chi connectivity index (χ4n) is 1.20. The average molecular weight is 265 g/mol. The highest BCUT2D eigenvalue weighted by molar-refractivity contribution is 5.91. The van der Waals surface area contributed by atoms with E-state index in [1.807, 2.05) is 6.92 Å². The molecule has 0 saturated heterocycles. The van der Waals surface area contributed by atoms with Crippen molar-refractivity contribution in [2.75, 3.05) is 20.3 Å². The second-order valence-electron chi connectivity index (χ2n) is 3.80. The van der Waals surface area contributed by atoms with E-state index < -0.39 is 24.5 Å². The average Bonchev–Trinajstić information content (AvgIpc) is 2.42. The monoisotopic (exact) mass is 265 g/mol. The molecule has 1 amide bonds. The molecule has 0 atom stereocenters. The van der Waals surface area contributed by atoms with Crippen LogP contribution in [-0.4, -0.2) is 38.1 Å². The maximum absolute atomic E-state index is 11.6. The lowest BCUT2D eigenvalue weighted by Gasteiger charge is -2.05. The van der Waals surface area contributed by atoms with Gasteiger partial charge in [-0.05, 0) is 19.1 Å². The van der Waals surface area contributed by atoms with Crippen molar-refractivity contribution in [3.63, 3.8) is 0 Å². The van der Waals surface area contributed by atoms with Crippen LogP contribution in [0.5, 0.6) is 0 Å². The van der Waals surface area contributed by atoms with Gasteiger partial charge < -0.3 is 14.8 Å². The Kier molecular flexibility index (Phi) is 5.53. The molecular formula is C13H15NO5. The molecule has 0 heterocycles. The van der Waals surface area contributed by atoms with Crippen molar-refractivity contribution in [1.82, 2.24) is 5.32 Å². The SMILES string of the molecule is COC(=O)CNC(=O)COC(=O)c1ccc(C)cc1. The van der Waals surface area contributed by atoms with E-state index in [0.29, 0.717) is 5.56 Å². The number of esters is 2. The van der Waals surface area contributed by atoms with Crippen LogP contribution in [0.4, 0.5) is 0 Å². The van der Waals surface area contributed by atoms with E-state index in [0.717, 1.165) is 5.56 Å². The van der Waals surface area contributed by atoms with E-state index in [4.69, 9.17) is 4.74 Å². The van der Waals surface area contributed by atoms with Crippen molar-refractivity contribution in [3.05, 3.63) is 35.4 Å². The number of rotatable bonds is 5. The van der Waals surface area contributed by atoms with E-state index in [1.54, 1.807) is 24.3 Å². The minimum atomic E-state index is -0.590. The first-order valence-electron chi connectivity index (χ1n) is 5.60. The van der Waals surface area contributed by atoms with Crippen LogP contribution in [0, 0.1) is 6.92 Å². The highest BCUT2D eigenvalue weighted by Gasteiger charge is 2.10. The summed E-state index contributed by atoms with van der Waals surface area (Å²) in [5.74, 6) is -1.72. The lowest BCUT2D eigenvalue weighted by molar-refractivity contribution is -0.141. The Morgan fingerprint density at radius 3 is 2.37 bits per heavy atom. The van der Waals surface area contributed by atoms with Crippen LogP contribution in [0.1, 0.15) is 15.9 Å². The highest BCUT2D eigenvalue weighted by atomic mass is 16.5. The number of aryl methyl sites for hydroxylation is 1. The van der Waals surface area contributed by atoms with E-state index in [1.165, 1.54) is 7.11 Å². The van der Waals surface area contributed by atoms with E-state index in [9.17, 15) is 14.4 Å². The van der Waals surface area contributed by atoms with Gasteiger partial charge in [-0.15, -0.1) is 0 Å². The van der Waals surface area contributed by atoms with E-state index in [-0.39, 0.29) is 6.54 Å². The van der Waals surface area contributed by atoms with Gasteiger partial charge in [-0.25, -0.2) is 4.79 Å². The number of hydrogen-bond donors (Lipinski definition) is 1. The van der Waals surface area contributed by atoms with Crippen molar-refractivity contribution >= 4 is 17.8 Å². The Morgan fingerprint density at radius 1 is 1.16 bits per heavy atom. The molecule has 102 valence electrons. The Hall–Kier alpha value is -2.37. The second kappa shape index (κ2) is 7.15. The maximum atomic E-state index is 11.6. The first-order valence-corrected chi connectivity index (χ1v) is 5.60. The molecule has 0 unspecified atom stereocenters. The molecule has 0 aromatic heterocycles. The lowest BCUT2D eigenvalue weighted by atomic mass is 10.1. The van der Waals surface area contributed by atoms with Gasteiger partial charge in [0.2, 0.25) is 0 Å². The van der Waals surface area contributed by atoms with Gasteiger partial charge in [-0.2, -0.15) is 0 Å². The van der Waals surface area contributed by atoms with Crippen molar-refractivity contribution in [2.45, 2.75) is 6.92 Å². The summed E-state index contributed by atoms with van der Waals surface area (Å²) in [6.45, 7) is 1.20. The zero-order chi connectivity index (χ0) is 14.3. The normalized spacial score (nSPS) is 9.58. The Bertz CT molecular complexity index is 466. The topological polar surface area (TPSA) is 81.7 Å². The minimum absolute atomic E-state index is 0.253. The van der Waals surface area contributed by atoms with Crippen molar-refractivity contribution < 1.29 is 23.9 Å². The molecule has 19 heavy (non-hydrogen) atoms. The highest BCUT2D eigenvalue weighted by Crippen LogP contribution is 2.04. The van der Waals surface area contributed by atoms with Gasteiger partial charge in [-0.1, -0.05) is 17.7 Å². The van der Waals surface area contributed by atoms with Gasteiger partial charge in [0.1, 0.15) is 6.54 Å². The number of methoxy groups -OCH3 is 1. The van der Waals surface area contributed by atoms with E-state index >= 15 is 0 Å². The standard InChI is InChI=1S/C13H15NO5/c1-9-3-5-10(6-4-9)13(17)19-8-11(15)14-7-12(16)18-2/h3-6H,7-8H2,1-2H3,(H,14,15). The molecule has 1 rings (SSSR count). The summed E-state index contributed by atoms with van der Waals surface area (Å²) < 4.78 is 9.14. The molecule has 1 N–H and O–H groups in total. The van der Waals surface area contributed by atoms with E-state index in [2.05, 4.69) is 10.1 Å². The lowest BCUT2D eigenvalue weighted by Crippen LogP contribution is -2.33. The fraction of sp³-hybridized carbons (Fsp3) is 0.308. The smallest absolute Gasteiger partial charge is 0.338 e. The molecule has 0 bridgehead atoms. The van der Waals surface area contributed by atoms with Crippen LogP contribution >= 0.6 is 0 Å². The molecule has 0 fully saturated rings. The summed E-state index contributed by atoms with van der Waals surface area (Å²) in [5.41, 5.74) is 1.39. The van der Waals surface area contributed by atoms with Crippen LogP contribution in [-0.2, 0) is 19.1 Å². The molecule has 0 radical (unpaired) electrons. The molecule has 0 spiro atoms. The summed E-state index contributed by atoms with van der Waals surface area (Å²) in [6.07, 6.45) is 0. The van der Waals surface area contributed by atoms with Crippen LogP contribution in [0.25, 0.3) is 0 Å². The molecule has 1 aromatic carbocycles. The predicted molar refractivity (Wildman–Crippen MR) is 66.5 cm³/mol. The van der Waals surface area contributed by atoms with Gasteiger partial charge in [0, 0.05) is 0 Å². The zero-order valence-electron chi connectivity index (χ0n) is 10.8. The zero-order valence-corrected chi connectivity index (χ0v) is 10.8. The number of ether oxygens (including phenoxy) is 2. The van der Waals surface area contributed by atoms with Crippen molar-refractivity contribution in [1.29, 1.82) is 0 Å². The molecule has 6 nitrogen and oxygen atoms in total. The summed E-state index contributed by atoms with van der Waals surface area (Å²) in [6, 6.07) is 6.77. The second-order valence-corrected chi connectivity index (χ2v) is 3.80. The number of carbonyl (C=O) groups is 3. The summed E-state index contributed by atoms with van der Waals surface area (Å²) in [4.78, 5) is 33.6. The van der Waals surface area contributed by atoms with Crippen LogP contribution in [0.15, 0.2) is 24.3 Å². The Labute approximate surface area is 110 Å². The summed E-state index contributed by atoms with van der Waals surface area (Å²) in [5, 5.41) is 2.26. The van der Waals surface area contributed by atoms with Crippen molar-refractivity contribution in [3.8, 4) is 0 Å². The van der Waals surface area contributed by atoms with Crippen LogP contribution in [0.2, 0.25) is 0 Å². The van der Waals surface area contributed by atoms with Crippen molar-refractivity contribution in [2.24, 2.45) is 0 Å². The summed E-state index contributed by atoms with van der Waals surface area (Å²) >= 11 is 0. The first kappa shape index (κ1) is 14.7. The van der Waals surface area contributed by atoms with Gasteiger partial charge in [0.15, 0.2) is 6.61 Å². The molecule has 6 heteroatoms. The number of carbonyl (C=O) groups excluding carboxylic acids is 3. The molecular weight excluding hydrogens is 250 g/mol. The first-order chi connectivity index (χ1) is 9.02. The third-order valence-corrected chi connectivity index (χ3v) is 2.28. The number of amides is 1. The molecule has 0 aliphatic heterocycles. The van der Waals surface area contributed by atoms with Gasteiger partial charge >= 0.3 is 11.9 Å². The molecule has 0 saturated carbocycles. The molecule has 0 aliphatic carbocycles. The Morgan fingerprint density at radius 2 is 1.79 bits per heavy atom. The van der Waals surface area contributed by atoms with Gasteiger partial charge in [-0.3, -0.25) is 9.59 Å². The number of hydrogen-bond acceptors (Lipinski definition) is 5. The number of benzene rings is 1. The van der Waals surface area contributed by atoms with Crippen LogP contribution < -0.4 is 5.32 Å². The fourth-order valence-corrected chi connectivity index (χ4v) is 1.20. The molecule has 0 aliphatic rings. The summed E-state index contributed by atoms with van der Waals surface area (Å²) in [7, 11) is 1.21. The third-order valence-electron chi connectivity index (χ3n) is 2.28. The van der Waals surface area contributed by atoms with Gasteiger partial charge in [0.05, 0.1) is 12.7 Å². The number of nitrogens with one attached hydrogen (secondary N) is 1. The van der Waals surface area contributed by atoms with Gasteiger partial charge in [0.25, 0.3) is 5.91 Å². The third kappa shape index (κ3) is 5.20. The predicted octanol–water partition coefficient (Wildman–Crippen LogP) is 0.441. The maximum Gasteiger partial charge on any atom is 0.338 e. The molecule has 1 aromatic rings. The Balaban J connectivity index is 2.36. The quantitative estimate of drug-likeness (QED) is 0.781. The largest absolute Gasteiger partial charge is 0.468 e.